The van der Waals surface area contributed by atoms with E-state index in [0.29, 0.717) is 17.1 Å². The summed E-state index contributed by atoms with van der Waals surface area (Å²) in [6, 6.07) is -0.102. The maximum atomic E-state index is 12.2. The molecule has 7 heteroatoms. The predicted octanol–water partition coefficient (Wildman–Crippen LogP) is 2.36. The second-order valence-electron chi connectivity index (χ2n) is 5.59. The molecule has 1 aliphatic carbocycles. The molecule has 1 saturated carbocycles. The van der Waals surface area contributed by atoms with Gasteiger partial charge in [-0.3, -0.25) is 10.00 Å². The molecule has 0 saturated heterocycles. The van der Waals surface area contributed by atoms with Crippen molar-refractivity contribution in [2.45, 2.75) is 52.0 Å². The van der Waals surface area contributed by atoms with Gasteiger partial charge in [-0.15, -0.1) is 0 Å². The first-order chi connectivity index (χ1) is 10.5. The van der Waals surface area contributed by atoms with Crippen molar-refractivity contribution in [3.8, 4) is 0 Å². The largest absolute Gasteiger partial charge is 0.462 e. The number of carbonyl (C=O) groups is 2. The van der Waals surface area contributed by atoms with Gasteiger partial charge in [0, 0.05) is 13.1 Å². The zero-order valence-corrected chi connectivity index (χ0v) is 13.4. The SMILES string of the molecule is CCOC(=O)c1c(C)nn(C)c1NC(=O)NC1CCCCC1. The van der Waals surface area contributed by atoms with Crippen molar-refractivity contribution < 1.29 is 14.3 Å². The molecule has 1 aromatic heterocycles. The molecule has 2 N–H and O–H groups in total. The van der Waals surface area contributed by atoms with Crippen LogP contribution in [0.1, 0.15) is 55.1 Å². The first-order valence-corrected chi connectivity index (χ1v) is 7.81. The number of carbonyl (C=O) groups excluding carboxylic acids is 2. The van der Waals surface area contributed by atoms with E-state index in [-0.39, 0.29) is 18.7 Å². The molecule has 0 bridgehead atoms. The fraction of sp³-hybridized carbons (Fsp3) is 0.667. The van der Waals surface area contributed by atoms with Crippen LogP contribution in [0, 0.1) is 6.92 Å². The summed E-state index contributed by atoms with van der Waals surface area (Å²) < 4.78 is 6.52. The van der Waals surface area contributed by atoms with E-state index in [9.17, 15) is 9.59 Å². The second-order valence-corrected chi connectivity index (χ2v) is 5.59. The third-order valence-corrected chi connectivity index (χ3v) is 3.87. The van der Waals surface area contributed by atoms with Crippen molar-refractivity contribution in [1.29, 1.82) is 0 Å². The van der Waals surface area contributed by atoms with Crippen molar-refractivity contribution in [2.24, 2.45) is 7.05 Å². The van der Waals surface area contributed by atoms with Gasteiger partial charge in [-0.05, 0) is 26.7 Å². The normalized spacial score (nSPS) is 15.4. The molecule has 2 rings (SSSR count). The highest BCUT2D eigenvalue weighted by atomic mass is 16.5. The van der Waals surface area contributed by atoms with E-state index < -0.39 is 5.97 Å². The minimum Gasteiger partial charge on any atom is -0.462 e. The Labute approximate surface area is 130 Å². The highest BCUT2D eigenvalue weighted by Gasteiger charge is 2.24. The standard InChI is InChI=1S/C15H24N4O3/c1-4-22-14(20)12-10(2)18-19(3)13(12)17-15(21)16-11-8-6-5-7-9-11/h11H,4-9H2,1-3H3,(H2,16,17,21). The van der Waals surface area contributed by atoms with Crippen molar-refractivity contribution >= 4 is 17.8 Å². The van der Waals surface area contributed by atoms with Crippen LogP contribution in [0.15, 0.2) is 0 Å². The number of esters is 1. The molecule has 1 aliphatic rings. The Morgan fingerprint density at radius 1 is 1.32 bits per heavy atom. The van der Waals surface area contributed by atoms with Gasteiger partial charge in [-0.1, -0.05) is 19.3 Å². The number of nitrogens with zero attached hydrogens (tertiary/aromatic N) is 2. The number of aromatic nitrogens is 2. The molecular formula is C15H24N4O3. The number of hydrogen-bond donors (Lipinski definition) is 2. The van der Waals surface area contributed by atoms with Gasteiger partial charge in [-0.2, -0.15) is 5.10 Å². The molecule has 0 spiro atoms. The summed E-state index contributed by atoms with van der Waals surface area (Å²) in [6.45, 7) is 3.74. The Kier molecular flexibility index (Phi) is 5.41. The molecule has 0 atom stereocenters. The lowest BCUT2D eigenvalue weighted by molar-refractivity contribution is 0.0526. The van der Waals surface area contributed by atoms with Gasteiger partial charge in [-0.25, -0.2) is 9.59 Å². The van der Waals surface area contributed by atoms with Crippen LogP contribution in [-0.4, -0.2) is 34.4 Å². The van der Waals surface area contributed by atoms with Crippen LogP contribution in [0.5, 0.6) is 0 Å². The average Bonchev–Trinajstić information content (AvgIpc) is 2.74. The topological polar surface area (TPSA) is 85.2 Å². The fourth-order valence-corrected chi connectivity index (χ4v) is 2.83. The number of nitrogens with one attached hydrogen (secondary N) is 2. The van der Waals surface area contributed by atoms with Crippen LogP contribution in [0.2, 0.25) is 0 Å². The van der Waals surface area contributed by atoms with Gasteiger partial charge >= 0.3 is 12.0 Å². The van der Waals surface area contributed by atoms with Crippen LogP contribution in [0.4, 0.5) is 10.6 Å². The van der Waals surface area contributed by atoms with Crippen LogP contribution < -0.4 is 10.6 Å². The lowest BCUT2D eigenvalue weighted by Crippen LogP contribution is -2.39. The second kappa shape index (κ2) is 7.29. The minimum atomic E-state index is -0.471. The Hall–Kier alpha value is -2.05. The molecule has 0 aliphatic heterocycles. The number of aryl methyl sites for hydroxylation is 2. The summed E-state index contributed by atoms with van der Waals surface area (Å²) in [6.07, 6.45) is 5.52. The third-order valence-electron chi connectivity index (χ3n) is 3.87. The maximum absolute atomic E-state index is 12.2. The van der Waals surface area contributed by atoms with Crippen molar-refractivity contribution in [3.05, 3.63) is 11.3 Å². The van der Waals surface area contributed by atoms with E-state index in [0.717, 1.165) is 25.7 Å². The zero-order valence-electron chi connectivity index (χ0n) is 13.4. The summed E-state index contributed by atoms with van der Waals surface area (Å²) >= 11 is 0. The van der Waals surface area contributed by atoms with E-state index in [1.807, 2.05) is 0 Å². The molecule has 2 amide bonds. The first kappa shape index (κ1) is 16.3. The Bertz CT molecular complexity index is 547. The number of anilines is 1. The predicted molar refractivity (Wildman–Crippen MR) is 82.9 cm³/mol. The maximum Gasteiger partial charge on any atom is 0.343 e. The summed E-state index contributed by atoms with van der Waals surface area (Å²) in [5.74, 6) is -0.106. The minimum absolute atomic E-state index is 0.203. The van der Waals surface area contributed by atoms with Gasteiger partial charge in [0.2, 0.25) is 0 Å². The van der Waals surface area contributed by atoms with E-state index in [2.05, 4.69) is 15.7 Å². The van der Waals surface area contributed by atoms with Gasteiger partial charge in [0.05, 0.1) is 12.3 Å². The van der Waals surface area contributed by atoms with Crippen LogP contribution >= 0.6 is 0 Å². The number of amides is 2. The first-order valence-electron chi connectivity index (χ1n) is 7.81. The van der Waals surface area contributed by atoms with Crippen LogP contribution in [0.25, 0.3) is 0 Å². The van der Waals surface area contributed by atoms with Gasteiger partial charge in [0.1, 0.15) is 11.4 Å². The molecule has 1 fully saturated rings. The number of rotatable bonds is 4. The molecular weight excluding hydrogens is 284 g/mol. The lowest BCUT2D eigenvalue weighted by atomic mass is 9.96. The van der Waals surface area contributed by atoms with E-state index >= 15 is 0 Å². The van der Waals surface area contributed by atoms with Gasteiger partial charge < -0.3 is 10.1 Å². The van der Waals surface area contributed by atoms with Gasteiger partial charge in [0.15, 0.2) is 0 Å². The highest BCUT2D eigenvalue weighted by molar-refractivity contribution is 6.00. The smallest absolute Gasteiger partial charge is 0.343 e. The fourth-order valence-electron chi connectivity index (χ4n) is 2.83. The summed E-state index contributed by atoms with van der Waals surface area (Å²) in [5, 5.41) is 9.88. The van der Waals surface area contributed by atoms with Crippen LogP contribution in [0.3, 0.4) is 0 Å². The van der Waals surface area contributed by atoms with E-state index in [4.69, 9.17) is 4.74 Å². The summed E-state index contributed by atoms with van der Waals surface area (Å²) in [5.41, 5.74) is 0.845. The van der Waals surface area contributed by atoms with Crippen molar-refractivity contribution in [1.82, 2.24) is 15.1 Å². The van der Waals surface area contributed by atoms with Crippen LogP contribution in [-0.2, 0) is 11.8 Å². The summed E-state index contributed by atoms with van der Waals surface area (Å²) in [7, 11) is 1.69. The number of urea groups is 1. The summed E-state index contributed by atoms with van der Waals surface area (Å²) in [4.78, 5) is 24.2. The Morgan fingerprint density at radius 3 is 2.64 bits per heavy atom. The third kappa shape index (κ3) is 3.78. The molecule has 0 radical (unpaired) electrons. The molecule has 0 aromatic carbocycles. The number of ether oxygens (including phenoxy) is 1. The van der Waals surface area contributed by atoms with Crippen molar-refractivity contribution in [3.63, 3.8) is 0 Å². The Morgan fingerprint density at radius 2 is 2.00 bits per heavy atom. The molecule has 7 nitrogen and oxygen atoms in total. The molecule has 1 aromatic rings. The zero-order chi connectivity index (χ0) is 16.1. The van der Waals surface area contributed by atoms with Gasteiger partial charge in [0.25, 0.3) is 0 Å². The lowest BCUT2D eigenvalue weighted by Gasteiger charge is -2.23. The van der Waals surface area contributed by atoms with E-state index in [1.54, 1.807) is 20.9 Å². The molecule has 0 unspecified atom stereocenters. The average molecular weight is 308 g/mol. The Balaban J connectivity index is 2.07. The highest BCUT2D eigenvalue weighted by Crippen LogP contribution is 2.21. The number of hydrogen-bond acceptors (Lipinski definition) is 4. The molecule has 122 valence electrons. The van der Waals surface area contributed by atoms with E-state index in [1.165, 1.54) is 11.1 Å². The quantitative estimate of drug-likeness (QED) is 0.836. The molecule has 1 heterocycles. The molecule has 22 heavy (non-hydrogen) atoms. The monoisotopic (exact) mass is 308 g/mol. The van der Waals surface area contributed by atoms with Crippen molar-refractivity contribution in [2.75, 3.05) is 11.9 Å².